The van der Waals surface area contributed by atoms with E-state index in [2.05, 4.69) is 25.3 Å². The van der Waals surface area contributed by atoms with Crippen LogP contribution < -0.4 is 11.0 Å². The minimum absolute atomic E-state index is 0.407. The van der Waals surface area contributed by atoms with E-state index in [-0.39, 0.29) is 0 Å². The summed E-state index contributed by atoms with van der Waals surface area (Å²) in [6.45, 7) is 2.03. The van der Waals surface area contributed by atoms with Crippen molar-refractivity contribution in [3.05, 3.63) is 46.5 Å². The smallest absolute Gasteiger partial charge is 0.326 e. The second-order valence-corrected chi connectivity index (χ2v) is 4.03. The number of nitrogens with one attached hydrogen (secondary N) is 3. The first-order valence-electron chi connectivity index (χ1n) is 5.49. The summed E-state index contributed by atoms with van der Waals surface area (Å²) in [5.41, 5.74) is 2.89. The Balaban J connectivity index is 1.95. The fourth-order valence-electron chi connectivity index (χ4n) is 1.66. The summed E-state index contributed by atoms with van der Waals surface area (Å²) in [4.78, 5) is 24.5. The Morgan fingerprint density at radius 3 is 2.72 bits per heavy atom. The molecule has 6 heteroatoms. The molecular formula is C12H11N5O. The fourth-order valence-corrected chi connectivity index (χ4v) is 1.66. The predicted molar refractivity (Wildman–Crippen MR) is 69.0 cm³/mol. The van der Waals surface area contributed by atoms with Gasteiger partial charge in [0.1, 0.15) is 5.52 Å². The molecule has 0 aliphatic rings. The van der Waals surface area contributed by atoms with Gasteiger partial charge in [0.05, 0.1) is 6.20 Å². The zero-order valence-electron chi connectivity index (χ0n) is 9.69. The van der Waals surface area contributed by atoms with Crippen molar-refractivity contribution >= 4 is 22.8 Å². The zero-order chi connectivity index (χ0) is 12.5. The lowest BCUT2D eigenvalue weighted by Crippen LogP contribution is -2.08. The number of hydrogen-bond acceptors (Lipinski definition) is 4. The number of hydrogen-bond donors (Lipinski definition) is 3. The van der Waals surface area contributed by atoms with Crippen molar-refractivity contribution in [1.82, 2.24) is 19.9 Å². The van der Waals surface area contributed by atoms with Crippen molar-refractivity contribution < 1.29 is 0 Å². The first-order chi connectivity index (χ1) is 8.70. The lowest BCUT2D eigenvalue weighted by Gasteiger charge is -2.02. The lowest BCUT2D eigenvalue weighted by molar-refractivity contribution is 1.10. The van der Waals surface area contributed by atoms with Gasteiger partial charge in [-0.1, -0.05) is 17.7 Å². The first-order valence-corrected chi connectivity index (χ1v) is 5.49. The van der Waals surface area contributed by atoms with E-state index in [1.165, 1.54) is 11.8 Å². The topological polar surface area (TPSA) is 86.5 Å². The average Bonchev–Trinajstić information content (AvgIpc) is 2.73. The maximum absolute atomic E-state index is 11.0. The molecule has 18 heavy (non-hydrogen) atoms. The highest BCUT2D eigenvalue weighted by molar-refractivity contribution is 5.73. The molecule has 0 spiro atoms. The Kier molecular flexibility index (Phi) is 2.33. The summed E-state index contributed by atoms with van der Waals surface area (Å²) in [5, 5.41) is 3.12. The molecule has 0 fully saturated rings. The Labute approximate surface area is 102 Å². The summed E-state index contributed by atoms with van der Waals surface area (Å²) in [6.07, 6.45) is 1.46. The molecule has 0 unspecified atom stereocenters. The number of fused-ring (bicyclic) bond motifs is 1. The molecule has 0 radical (unpaired) electrons. The van der Waals surface area contributed by atoms with E-state index >= 15 is 0 Å². The molecule has 0 saturated carbocycles. The largest absolute Gasteiger partial charge is 0.346 e. The SMILES string of the molecule is Cc1ccc(Nc2nc3[nH]c(=O)ncc3[nH]2)cc1. The van der Waals surface area contributed by atoms with Crippen LogP contribution in [0.3, 0.4) is 0 Å². The third-order valence-electron chi connectivity index (χ3n) is 2.58. The van der Waals surface area contributed by atoms with Gasteiger partial charge in [0.25, 0.3) is 0 Å². The molecule has 1 aromatic carbocycles. The number of benzene rings is 1. The van der Waals surface area contributed by atoms with Crippen LogP contribution in [0, 0.1) is 6.92 Å². The van der Waals surface area contributed by atoms with Crippen LogP contribution in [0.5, 0.6) is 0 Å². The number of rotatable bonds is 2. The Hall–Kier alpha value is -2.63. The number of anilines is 2. The standard InChI is InChI=1S/C12H11N5O/c1-7-2-4-8(5-3-7)14-11-15-9-6-13-12(18)17-10(9)16-11/h2-6H,1H3,(H3,13,14,15,16,17,18). The molecule has 2 aromatic heterocycles. The average molecular weight is 241 g/mol. The van der Waals surface area contributed by atoms with Gasteiger partial charge in [-0.25, -0.2) is 4.79 Å². The van der Waals surface area contributed by atoms with Gasteiger partial charge in [0.15, 0.2) is 5.65 Å². The van der Waals surface area contributed by atoms with E-state index in [1.54, 1.807) is 0 Å². The Morgan fingerprint density at radius 2 is 1.94 bits per heavy atom. The first kappa shape index (κ1) is 10.5. The highest BCUT2D eigenvalue weighted by atomic mass is 16.1. The number of nitrogens with zero attached hydrogens (tertiary/aromatic N) is 2. The molecule has 0 aliphatic heterocycles. The van der Waals surface area contributed by atoms with Gasteiger partial charge < -0.3 is 10.3 Å². The van der Waals surface area contributed by atoms with Crippen molar-refractivity contribution in [2.24, 2.45) is 0 Å². The van der Waals surface area contributed by atoms with Crippen molar-refractivity contribution in [3.8, 4) is 0 Å². The molecule has 0 atom stereocenters. The van der Waals surface area contributed by atoms with Gasteiger partial charge in [-0.15, -0.1) is 0 Å². The number of aromatic amines is 2. The fraction of sp³-hybridized carbons (Fsp3) is 0.0833. The second kappa shape index (κ2) is 3.99. The predicted octanol–water partition coefficient (Wildman–Crippen LogP) is 1.70. The van der Waals surface area contributed by atoms with Gasteiger partial charge >= 0.3 is 5.69 Å². The van der Waals surface area contributed by atoms with E-state index in [4.69, 9.17) is 0 Å². The molecule has 0 aliphatic carbocycles. The molecule has 90 valence electrons. The molecule has 3 rings (SSSR count). The highest BCUT2D eigenvalue weighted by Gasteiger charge is 2.03. The van der Waals surface area contributed by atoms with Gasteiger partial charge in [-0.05, 0) is 19.1 Å². The maximum Gasteiger partial charge on any atom is 0.346 e. The molecule has 3 aromatic rings. The summed E-state index contributed by atoms with van der Waals surface area (Å²) >= 11 is 0. The van der Waals surface area contributed by atoms with Crippen molar-refractivity contribution in [1.29, 1.82) is 0 Å². The summed E-state index contributed by atoms with van der Waals surface area (Å²) in [5.74, 6) is 0.567. The lowest BCUT2D eigenvalue weighted by atomic mass is 10.2. The minimum atomic E-state index is -0.407. The van der Waals surface area contributed by atoms with Gasteiger partial charge in [-0.3, -0.25) is 4.98 Å². The Bertz CT molecular complexity index is 741. The van der Waals surface area contributed by atoms with Crippen molar-refractivity contribution in [2.45, 2.75) is 6.92 Å². The van der Waals surface area contributed by atoms with Crippen LogP contribution in [-0.4, -0.2) is 19.9 Å². The molecule has 0 saturated heterocycles. The molecule has 3 N–H and O–H groups in total. The van der Waals surface area contributed by atoms with E-state index in [9.17, 15) is 4.79 Å². The quantitative estimate of drug-likeness (QED) is 0.637. The van der Waals surface area contributed by atoms with Crippen LogP contribution in [0.25, 0.3) is 11.2 Å². The van der Waals surface area contributed by atoms with Crippen molar-refractivity contribution in [3.63, 3.8) is 0 Å². The summed E-state index contributed by atoms with van der Waals surface area (Å²) in [6, 6.07) is 7.94. The van der Waals surface area contributed by atoms with Crippen LogP contribution in [-0.2, 0) is 0 Å². The van der Waals surface area contributed by atoms with Crippen LogP contribution >= 0.6 is 0 Å². The van der Waals surface area contributed by atoms with Crippen LogP contribution in [0.2, 0.25) is 0 Å². The number of aryl methyl sites for hydroxylation is 1. The van der Waals surface area contributed by atoms with E-state index < -0.39 is 5.69 Å². The number of H-pyrrole nitrogens is 2. The van der Waals surface area contributed by atoms with E-state index in [0.29, 0.717) is 17.1 Å². The van der Waals surface area contributed by atoms with Crippen LogP contribution in [0.4, 0.5) is 11.6 Å². The van der Waals surface area contributed by atoms with Gasteiger partial charge in [0, 0.05) is 5.69 Å². The summed E-state index contributed by atoms with van der Waals surface area (Å²) < 4.78 is 0. The third kappa shape index (κ3) is 1.95. The molecule has 6 nitrogen and oxygen atoms in total. The highest BCUT2D eigenvalue weighted by Crippen LogP contribution is 2.16. The van der Waals surface area contributed by atoms with E-state index in [0.717, 1.165) is 5.69 Å². The molecular weight excluding hydrogens is 230 g/mol. The molecule has 2 heterocycles. The van der Waals surface area contributed by atoms with Crippen molar-refractivity contribution in [2.75, 3.05) is 5.32 Å². The number of aromatic nitrogens is 4. The zero-order valence-corrected chi connectivity index (χ0v) is 9.69. The van der Waals surface area contributed by atoms with Gasteiger partial charge in [0.2, 0.25) is 5.95 Å². The second-order valence-electron chi connectivity index (χ2n) is 4.03. The van der Waals surface area contributed by atoms with Crippen LogP contribution in [0.1, 0.15) is 5.56 Å². The minimum Gasteiger partial charge on any atom is -0.326 e. The summed E-state index contributed by atoms with van der Waals surface area (Å²) in [7, 11) is 0. The Morgan fingerprint density at radius 1 is 1.17 bits per heavy atom. The monoisotopic (exact) mass is 241 g/mol. The van der Waals surface area contributed by atoms with Gasteiger partial charge in [-0.2, -0.15) is 9.97 Å². The van der Waals surface area contributed by atoms with Crippen LogP contribution in [0.15, 0.2) is 35.3 Å². The molecule has 0 bridgehead atoms. The molecule has 0 amide bonds. The third-order valence-corrected chi connectivity index (χ3v) is 2.58. The number of imidazole rings is 1. The maximum atomic E-state index is 11.0. The normalized spacial score (nSPS) is 10.7. The van der Waals surface area contributed by atoms with E-state index in [1.807, 2.05) is 31.2 Å².